The third-order valence-corrected chi connectivity index (χ3v) is 8.50. The van der Waals surface area contributed by atoms with E-state index in [9.17, 15) is 0 Å². The van der Waals surface area contributed by atoms with Gasteiger partial charge in [-0.25, -0.2) is 0 Å². The molecule has 0 unspecified atom stereocenters. The van der Waals surface area contributed by atoms with Crippen molar-refractivity contribution < 1.29 is 0 Å². The molecule has 0 amide bonds. The fourth-order valence-corrected chi connectivity index (χ4v) is 6.83. The number of aromatic nitrogens is 2. The van der Waals surface area contributed by atoms with E-state index < -0.39 is 0 Å². The quantitative estimate of drug-likeness (QED) is 0.161. The lowest BCUT2D eigenvalue weighted by Gasteiger charge is -2.07. The van der Waals surface area contributed by atoms with Crippen molar-refractivity contribution in [3.8, 4) is 5.69 Å². The van der Waals surface area contributed by atoms with Crippen LogP contribution >= 0.6 is 54.5 Å². The Hall–Kier alpha value is -3.39. The molecule has 1 N–H and O–H groups in total. The van der Waals surface area contributed by atoms with E-state index >= 15 is 0 Å². The Morgan fingerprint density at radius 2 is 0.927 bits per heavy atom. The van der Waals surface area contributed by atoms with Gasteiger partial charge in [0.15, 0.2) is 0 Å². The van der Waals surface area contributed by atoms with Gasteiger partial charge in [0.05, 0.1) is 11.0 Å². The molecule has 0 aliphatic heterocycles. The maximum Gasteiger partial charge on any atom is 0.0541 e. The molecule has 8 rings (SSSR count). The Labute approximate surface area is 269 Å². The van der Waals surface area contributed by atoms with E-state index in [1.54, 1.807) is 0 Å². The van der Waals surface area contributed by atoms with Gasteiger partial charge >= 0.3 is 0 Å². The van der Waals surface area contributed by atoms with Gasteiger partial charge in [0, 0.05) is 50.8 Å². The molecular formula is C36H25Br2IN2. The predicted octanol–water partition coefficient (Wildman–Crippen LogP) is 11.9. The molecule has 0 saturated carbocycles. The van der Waals surface area contributed by atoms with Gasteiger partial charge in [-0.15, -0.1) is 0 Å². The van der Waals surface area contributed by atoms with Crippen molar-refractivity contribution >= 4 is 98.1 Å². The first-order valence-corrected chi connectivity index (χ1v) is 15.9. The van der Waals surface area contributed by atoms with E-state index in [2.05, 4.69) is 197 Å². The summed E-state index contributed by atoms with van der Waals surface area (Å²) in [4.78, 5) is 3.38. The van der Waals surface area contributed by atoms with E-state index in [0.29, 0.717) is 0 Å². The van der Waals surface area contributed by atoms with E-state index in [0.717, 1.165) is 8.95 Å². The molecule has 2 aromatic heterocycles. The summed E-state index contributed by atoms with van der Waals surface area (Å²) in [6.07, 6.45) is 0. The smallest absolute Gasteiger partial charge is 0.0541 e. The summed E-state index contributed by atoms with van der Waals surface area (Å²) in [6.45, 7) is 0. The molecule has 5 heteroatoms. The van der Waals surface area contributed by atoms with Crippen LogP contribution in [-0.4, -0.2) is 9.55 Å². The van der Waals surface area contributed by atoms with Crippen LogP contribution in [0.1, 0.15) is 0 Å². The third kappa shape index (κ3) is 6.13. The topological polar surface area (TPSA) is 20.7 Å². The Bertz CT molecular complexity index is 1990. The van der Waals surface area contributed by atoms with Crippen molar-refractivity contribution in [2.45, 2.75) is 0 Å². The van der Waals surface area contributed by atoms with Crippen LogP contribution in [-0.2, 0) is 0 Å². The molecule has 0 spiro atoms. The van der Waals surface area contributed by atoms with Crippen LogP contribution in [0.15, 0.2) is 155 Å². The zero-order valence-corrected chi connectivity index (χ0v) is 27.3. The van der Waals surface area contributed by atoms with Crippen LogP contribution in [0.4, 0.5) is 0 Å². The zero-order valence-electron chi connectivity index (χ0n) is 21.9. The van der Waals surface area contributed by atoms with Crippen molar-refractivity contribution in [3.63, 3.8) is 0 Å². The van der Waals surface area contributed by atoms with Crippen molar-refractivity contribution in [3.05, 3.63) is 158 Å². The highest BCUT2D eigenvalue weighted by Crippen LogP contribution is 2.32. The Morgan fingerprint density at radius 3 is 1.41 bits per heavy atom. The van der Waals surface area contributed by atoms with Crippen molar-refractivity contribution in [1.29, 1.82) is 0 Å². The summed E-state index contributed by atoms with van der Waals surface area (Å²) < 4.78 is 5.81. The average Bonchev–Trinajstić information content (AvgIpc) is 3.54. The molecule has 0 aliphatic carbocycles. The van der Waals surface area contributed by atoms with Gasteiger partial charge in [-0.3, -0.25) is 0 Å². The Balaban J connectivity index is 0.000000123. The molecule has 0 aliphatic rings. The molecule has 200 valence electrons. The number of benzene rings is 6. The summed E-state index contributed by atoms with van der Waals surface area (Å²) in [5.74, 6) is 0. The van der Waals surface area contributed by atoms with Crippen LogP contribution in [0, 0.1) is 3.57 Å². The molecular weight excluding hydrogens is 747 g/mol. The second-order valence-electron chi connectivity index (χ2n) is 9.51. The first-order valence-electron chi connectivity index (χ1n) is 13.2. The molecule has 8 aromatic rings. The average molecular weight is 772 g/mol. The van der Waals surface area contributed by atoms with Gasteiger partial charge < -0.3 is 9.55 Å². The Kier molecular flexibility index (Phi) is 8.56. The highest BCUT2D eigenvalue weighted by Gasteiger charge is 2.11. The molecule has 0 atom stereocenters. The maximum absolute atomic E-state index is 3.56. The molecule has 6 aromatic carbocycles. The fourth-order valence-electron chi connectivity index (χ4n) is 5.07. The summed E-state index contributed by atoms with van der Waals surface area (Å²) in [7, 11) is 0. The number of H-pyrrole nitrogens is 1. The first-order chi connectivity index (χ1) is 20.1. The van der Waals surface area contributed by atoms with Gasteiger partial charge in [-0.05, 0) is 83.3 Å². The van der Waals surface area contributed by atoms with E-state index in [1.807, 2.05) is 12.1 Å². The molecule has 2 heterocycles. The highest BCUT2D eigenvalue weighted by molar-refractivity contribution is 14.1. The number of aromatic amines is 1. The van der Waals surface area contributed by atoms with Crippen molar-refractivity contribution in [2.75, 3.05) is 0 Å². The lowest BCUT2D eigenvalue weighted by Crippen LogP contribution is -1.93. The van der Waals surface area contributed by atoms with Crippen LogP contribution < -0.4 is 0 Å². The van der Waals surface area contributed by atoms with Crippen LogP contribution in [0.2, 0.25) is 0 Å². The minimum Gasteiger partial charge on any atom is -0.355 e. The number of halogens is 3. The van der Waals surface area contributed by atoms with Crippen LogP contribution in [0.5, 0.6) is 0 Å². The predicted molar refractivity (Wildman–Crippen MR) is 191 cm³/mol. The molecule has 0 bridgehead atoms. The number of fused-ring (bicyclic) bond motifs is 6. The summed E-state index contributed by atoms with van der Waals surface area (Å²) in [5.41, 5.74) is 6.09. The summed E-state index contributed by atoms with van der Waals surface area (Å²) >= 11 is 9.20. The molecule has 41 heavy (non-hydrogen) atoms. The molecule has 2 nitrogen and oxygen atoms in total. The number of rotatable bonds is 1. The lowest BCUT2D eigenvalue weighted by molar-refractivity contribution is 1.18. The third-order valence-electron chi connectivity index (χ3n) is 6.85. The van der Waals surface area contributed by atoms with E-state index in [-0.39, 0.29) is 0 Å². The van der Waals surface area contributed by atoms with Crippen molar-refractivity contribution in [1.82, 2.24) is 9.55 Å². The minimum atomic E-state index is 1.09. The zero-order chi connectivity index (χ0) is 28.2. The maximum atomic E-state index is 3.56. The minimum absolute atomic E-state index is 1.09. The number of hydrogen-bond donors (Lipinski definition) is 1. The second kappa shape index (κ2) is 12.6. The molecule has 0 fully saturated rings. The highest BCUT2D eigenvalue weighted by atomic mass is 127. The van der Waals surface area contributed by atoms with Crippen LogP contribution in [0.3, 0.4) is 0 Å². The SMILES string of the molecule is Brc1cccc(-n2c3ccccc3c3ccccc32)c1.Brc1cccc(I)c1.c1ccc2c(c1)[nH]c1ccccc12. The number of hydrogen-bond acceptors (Lipinski definition) is 0. The number of nitrogens with zero attached hydrogens (tertiary/aromatic N) is 1. The van der Waals surface area contributed by atoms with Gasteiger partial charge in [0.25, 0.3) is 0 Å². The van der Waals surface area contributed by atoms with Gasteiger partial charge in [0.1, 0.15) is 0 Å². The number of para-hydroxylation sites is 4. The van der Waals surface area contributed by atoms with Crippen molar-refractivity contribution in [2.24, 2.45) is 0 Å². The van der Waals surface area contributed by atoms with Gasteiger partial charge in [-0.2, -0.15) is 0 Å². The van der Waals surface area contributed by atoms with E-state index in [1.165, 1.54) is 52.9 Å². The first kappa shape index (κ1) is 27.8. The summed E-state index contributed by atoms with van der Waals surface area (Å²) in [6, 6.07) is 50.5. The fraction of sp³-hybridized carbons (Fsp3) is 0. The second-order valence-corrected chi connectivity index (χ2v) is 12.6. The molecule has 0 radical (unpaired) electrons. The van der Waals surface area contributed by atoms with Gasteiger partial charge in [0.2, 0.25) is 0 Å². The Morgan fingerprint density at radius 1 is 0.463 bits per heavy atom. The summed E-state index contributed by atoms with van der Waals surface area (Å²) in [5, 5.41) is 5.20. The van der Waals surface area contributed by atoms with Gasteiger partial charge in [-0.1, -0.05) is 117 Å². The monoisotopic (exact) mass is 770 g/mol. The lowest BCUT2D eigenvalue weighted by atomic mass is 10.2. The van der Waals surface area contributed by atoms with E-state index in [4.69, 9.17) is 0 Å². The standard InChI is InChI=1S/C18H12BrN.C12H9N.C6H4BrI/c19-13-6-5-7-14(12-13)20-17-10-3-1-8-15(17)16-9-2-4-11-18(16)20;1-3-7-11-9(5-1)10-6-2-4-8-12(10)13-11;7-5-2-1-3-6(8)4-5/h1-12H;1-8,13H;1-4H. The largest absolute Gasteiger partial charge is 0.355 e. The number of nitrogens with one attached hydrogen (secondary N) is 1. The van der Waals surface area contributed by atoms with Crippen LogP contribution in [0.25, 0.3) is 49.3 Å². The molecule has 0 saturated heterocycles. The normalized spacial score (nSPS) is 10.8.